The lowest BCUT2D eigenvalue weighted by molar-refractivity contribution is 0.206. The summed E-state index contributed by atoms with van der Waals surface area (Å²) in [6, 6.07) is 0. The number of aliphatic hydroxyl groups excluding tert-OH is 1. The fourth-order valence-corrected chi connectivity index (χ4v) is 2.58. The summed E-state index contributed by atoms with van der Waals surface area (Å²) in [5.74, 6) is 1.05. The van der Waals surface area contributed by atoms with Gasteiger partial charge in [0.15, 0.2) is 0 Å². The first-order valence-corrected chi connectivity index (χ1v) is 5.95. The molecule has 1 heterocycles. The van der Waals surface area contributed by atoms with Crippen LogP contribution in [0.3, 0.4) is 0 Å². The van der Waals surface area contributed by atoms with Gasteiger partial charge in [-0.15, -0.1) is 11.3 Å². The fourth-order valence-electron chi connectivity index (χ4n) is 1.67. The lowest BCUT2D eigenvalue weighted by Crippen LogP contribution is -2.11. The third-order valence-corrected chi connectivity index (χ3v) is 3.16. The van der Waals surface area contributed by atoms with E-state index in [-0.39, 0.29) is 6.61 Å². The first kappa shape index (κ1) is 11.7. The van der Waals surface area contributed by atoms with Gasteiger partial charge in [-0.2, -0.15) is 0 Å². The third kappa shape index (κ3) is 3.76. The largest absolute Gasteiger partial charge is 0.396 e. The minimum atomic E-state index is 0.287. The van der Waals surface area contributed by atoms with Crippen LogP contribution < -0.4 is 0 Å². The molecule has 2 nitrogen and oxygen atoms in total. The highest BCUT2D eigenvalue weighted by Gasteiger charge is 2.12. The first-order valence-electron chi connectivity index (χ1n) is 5.14. The normalized spacial score (nSPS) is 13.5. The van der Waals surface area contributed by atoms with Crippen LogP contribution in [-0.4, -0.2) is 16.7 Å². The van der Waals surface area contributed by atoms with Crippen molar-refractivity contribution in [3.63, 3.8) is 0 Å². The number of rotatable bonds is 5. The van der Waals surface area contributed by atoms with Gasteiger partial charge in [-0.05, 0) is 31.6 Å². The summed E-state index contributed by atoms with van der Waals surface area (Å²) >= 11 is 1.74. The first-order chi connectivity index (χ1) is 6.61. The van der Waals surface area contributed by atoms with Gasteiger partial charge in [0, 0.05) is 17.7 Å². The van der Waals surface area contributed by atoms with Crippen LogP contribution in [-0.2, 0) is 6.42 Å². The molecule has 1 aromatic heterocycles. The Morgan fingerprint density at radius 3 is 2.64 bits per heavy atom. The lowest BCUT2D eigenvalue weighted by Gasteiger charge is -2.14. The van der Waals surface area contributed by atoms with Crippen LogP contribution in [0, 0.1) is 18.8 Å². The van der Waals surface area contributed by atoms with Crippen molar-refractivity contribution in [2.75, 3.05) is 6.61 Å². The highest BCUT2D eigenvalue weighted by molar-refractivity contribution is 7.11. The van der Waals surface area contributed by atoms with Crippen molar-refractivity contribution >= 4 is 11.3 Å². The molecule has 3 heteroatoms. The number of aliphatic hydroxyl groups is 1. The van der Waals surface area contributed by atoms with E-state index in [2.05, 4.69) is 18.8 Å². The zero-order chi connectivity index (χ0) is 10.6. The Balaban J connectivity index is 2.48. The van der Waals surface area contributed by atoms with Crippen LogP contribution in [0.25, 0.3) is 0 Å². The summed E-state index contributed by atoms with van der Waals surface area (Å²) < 4.78 is 0. The molecule has 1 N–H and O–H groups in total. The Kier molecular flexibility index (Phi) is 4.55. The number of aromatic nitrogens is 1. The number of hydrogen-bond donors (Lipinski definition) is 1. The molecular weight excluding hydrogens is 194 g/mol. The minimum absolute atomic E-state index is 0.287. The van der Waals surface area contributed by atoms with Gasteiger partial charge in [0.25, 0.3) is 0 Å². The topological polar surface area (TPSA) is 33.1 Å². The summed E-state index contributed by atoms with van der Waals surface area (Å²) in [6.07, 6.45) is 4.00. The fraction of sp³-hybridized carbons (Fsp3) is 0.727. The quantitative estimate of drug-likeness (QED) is 0.815. The Morgan fingerprint density at radius 2 is 2.21 bits per heavy atom. The predicted molar refractivity (Wildman–Crippen MR) is 60.6 cm³/mol. The van der Waals surface area contributed by atoms with Crippen LogP contribution in [0.4, 0.5) is 0 Å². The van der Waals surface area contributed by atoms with Crippen molar-refractivity contribution in [3.05, 3.63) is 16.1 Å². The zero-order valence-corrected chi connectivity index (χ0v) is 9.97. The van der Waals surface area contributed by atoms with Gasteiger partial charge in [-0.25, -0.2) is 4.98 Å². The average molecular weight is 213 g/mol. The summed E-state index contributed by atoms with van der Waals surface area (Å²) in [5.41, 5.74) is 0. The van der Waals surface area contributed by atoms with E-state index < -0.39 is 0 Å². The second kappa shape index (κ2) is 5.47. The Morgan fingerprint density at radius 1 is 1.50 bits per heavy atom. The van der Waals surface area contributed by atoms with Crippen LogP contribution in [0.5, 0.6) is 0 Å². The summed E-state index contributed by atoms with van der Waals surface area (Å²) in [4.78, 5) is 5.51. The SMILES string of the molecule is Cc1ncc(CC(CO)CC(C)C)s1. The summed E-state index contributed by atoms with van der Waals surface area (Å²) in [7, 11) is 0. The average Bonchev–Trinajstić information content (AvgIpc) is 2.49. The molecule has 0 spiro atoms. The molecule has 0 saturated carbocycles. The van der Waals surface area contributed by atoms with Gasteiger partial charge in [-0.3, -0.25) is 0 Å². The molecule has 0 aliphatic carbocycles. The maximum absolute atomic E-state index is 9.23. The highest BCUT2D eigenvalue weighted by Crippen LogP contribution is 2.20. The molecule has 1 atom stereocenters. The second-order valence-electron chi connectivity index (χ2n) is 4.23. The Labute approximate surface area is 90.0 Å². The van der Waals surface area contributed by atoms with Gasteiger partial charge in [0.1, 0.15) is 0 Å². The van der Waals surface area contributed by atoms with Crippen LogP contribution in [0.2, 0.25) is 0 Å². The van der Waals surface area contributed by atoms with Crippen LogP contribution in [0.15, 0.2) is 6.20 Å². The Hall–Kier alpha value is -0.410. The van der Waals surface area contributed by atoms with Gasteiger partial charge >= 0.3 is 0 Å². The predicted octanol–water partition coefficient (Wildman–Crippen LogP) is 2.65. The zero-order valence-electron chi connectivity index (χ0n) is 9.16. The molecule has 0 fully saturated rings. The number of aryl methyl sites for hydroxylation is 1. The summed E-state index contributed by atoms with van der Waals surface area (Å²) in [5, 5.41) is 10.3. The molecular formula is C11H19NOS. The maximum atomic E-state index is 9.23. The van der Waals surface area contributed by atoms with E-state index in [9.17, 15) is 5.11 Å². The van der Waals surface area contributed by atoms with E-state index in [1.54, 1.807) is 11.3 Å². The maximum Gasteiger partial charge on any atom is 0.0896 e. The van der Waals surface area contributed by atoms with Gasteiger partial charge in [-0.1, -0.05) is 13.8 Å². The van der Waals surface area contributed by atoms with E-state index in [1.165, 1.54) is 4.88 Å². The highest BCUT2D eigenvalue weighted by atomic mass is 32.1. The molecule has 80 valence electrons. The van der Waals surface area contributed by atoms with E-state index in [0.717, 1.165) is 17.8 Å². The van der Waals surface area contributed by atoms with Crippen molar-refractivity contribution in [2.24, 2.45) is 11.8 Å². The van der Waals surface area contributed by atoms with Crippen LogP contribution >= 0.6 is 11.3 Å². The van der Waals surface area contributed by atoms with Crippen molar-refractivity contribution in [3.8, 4) is 0 Å². The van der Waals surface area contributed by atoms with Crippen molar-refractivity contribution in [1.82, 2.24) is 4.98 Å². The second-order valence-corrected chi connectivity index (χ2v) is 5.55. The molecule has 1 rings (SSSR count). The molecule has 14 heavy (non-hydrogen) atoms. The minimum Gasteiger partial charge on any atom is -0.396 e. The van der Waals surface area contributed by atoms with Crippen LogP contribution in [0.1, 0.15) is 30.2 Å². The van der Waals surface area contributed by atoms with E-state index in [0.29, 0.717) is 11.8 Å². The number of thiazole rings is 1. The molecule has 1 aromatic rings. The molecule has 1 unspecified atom stereocenters. The summed E-state index contributed by atoms with van der Waals surface area (Å²) in [6.45, 7) is 6.70. The molecule has 0 amide bonds. The standard InChI is InChI=1S/C11H19NOS/c1-8(2)4-10(7-13)5-11-6-12-9(3)14-11/h6,8,10,13H,4-5,7H2,1-3H3. The third-order valence-electron chi connectivity index (χ3n) is 2.22. The smallest absolute Gasteiger partial charge is 0.0896 e. The van der Waals surface area contributed by atoms with E-state index >= 15 is 0 Å². The number of hydrogen-bond acceptors (Lipinski definition) is 3. The van der Waals surface area contributed by atoms with Crippen molar-refractivity contribution in [2.45, 2.75) is 33.6 Å². The number of nitrogens with zero attached hydrogens (tertiary/aromatic N) is 1. The lowest BCUT2D eigenvalue weighted by atomic mass is 9.94. The molecule has 0 radical (unpaired) electrons. The molecule has 0 saturated heterocycles. The van der Waals surface area contributed by atoms with Gasteiger partial charge in [0.2, 0.25) is 0 Å². The van der Waals surface area contributed by atoms with Crippen molar-refractivity contribution < 1.29 is 5.11 Å². The molecule has 0 aromatic carbocycles. The van der Waals surface area contributed by atoms with Gasteiger partial charge < -0.3 is 5.11 Å². The molecule has 0 aliphatic heterocycles. The van der Waals surface area contributed by atoms with Crippen molar-refractivity contribution in [1.29, 1.82) is 0 Å². The molecule has 0 aliphatic rings. The van der Waals surface area contributed by atoms with E-state index in [4.69, 9.17) is 0 Å². The van der Waals surface area contributed by atoms with E-state index in [1.807, 2.05) is 13.1 Å². The monoisotopic (exact) mass is 213 g/mol. The Bertz CT molecular complexity index is 270. The molecule has 0 bridgehead atoms. The van der Waals surface area contributed by atoms with Gasteiger partial charge in [0.05, 0.1) is 5.01 Å².